The van der Waals surface area contributed by atoms with Crippen molar-refractivity contribution in [2.24, 2.45) is 22.7 Å². The van der Waals surface area contributed by atoms with E-state index in [1.807, 2.05) is 0 Å². The van der Waals surface area contributed by atoms with E-state index in [0.717, 1.165) is 24.3 Å². The van der Waals surface area contributed by atoms with E-state index in [9.17, 15) is 0 Å². The van der Waals surface area contributed by atoms with Crippen LogP contribution in [0.5, 0.6) is 0 Å². The molecule has 1 heteroatoms. The fourth-order valence-electron chi connectivity index (χ4n) is 2.35. The molecule has 1 saturated carbocycles. The number of rotatable bonds is 2. The highest BCUT2D eigenvalue weighted by molar-refractivity contribution is 5.94. The van der Waals surface area contributed by atoms with Gasteiger partial charge in [0.15, 0.2) is 0 Å². The molecule has 1 nitrogen and oxygen atoms in total. The lowest BCUT2D eigenvalue weighted by Gasteiger charge is -2.42. The Morgan fingerprint density at radius 1 is 1.18 bits per heavy atom. The highest BCUT2D eigenvalue weighted by Crippen LogP contribution is 2.39. The summed E-state index contributed by atoms with van der Waals surface area (Å²) in [5, 5.41) is 0. The Hall–Kier alpha value is -0.330. The minimum absolute atomic E-state index is 0.759. The molecule has 1 aliphatic carbocycles. The van der Waals surface area contributed by atoms with Gasteiger partial charge in [0.1, 0.15) is 0 Å². The average Bonchev–Trinajstić information content (AvgIpc) is 2.01. The van der Waals surface area contributed by atoms with Crippen LogP contribution in [0.4, 0.5) is 0 Å². The standard InChI is InChI=1S/C10H19N/c1-5-9-7(3)10(8(9)4)11-6-2/h7-9H,5-6H2,1-4H3. The molecule has 0 aromatic rings. The summed E-state index contributed by atoms with van der Waals surface area (Å²) in [6.45, 7) is 9.97. The summed E-state index contributed by atoms with van der Waals surface area (Å²) in [5.74, 6) is 2.42. The summed E-state index contributed by atoms with van der Waals surface area (Å²) in [6.07, 6.45) is 1.31. The van der Waals surface area contributed by atoms with E-state index >= 15 is 0 Å². The second-order valence-corrected chi connectivity index (χ2v) is 3.55. The van der Waals surface area contributed by atoms with E-state index in [1.165, 1.54) is 12.1 Å². The van der Waals surface area contributed by atoms with Crippen molar-refractivity contribution in [2.45, 2.75) is 34.1 Å². The monoisotopic (exact) mass is 153 g/mol. The van der Waals surface area contributed by atoms with Crippen LogP contribution in [0.2, 0.25) is 0 Å². The summed E-state index contributed by atoms with van der Waals surface area (Å²) >= 11 is 0. The maximum atomic E-state index is 4.51. The number of hydrogen-bond acceptors (Lipinski definition) is 1. The third kappa shape index (κ3) is 1.33. The Bertz CT molecular complexity index is 148. The van der Waals surface area contributed by atoms with Crippen LogP contribution >= 0.6 is 0 Å². The molecule has 64 valence electrons. The first-order chi connectivity index (χ1) is 5.22. The first-order valence-electron chi connectivity index (χ1n) is 4.76. The van der Waals surface area contributed by atoms with Gasteiger partial charge in [0.05, 0.1) is 0 Å². The van der Waals surface area contributed by atoms with E-state index in [0.29, 0.717) is 0 Å². The molecule has 0 amide bonds. The van der Waals surface area contributed by atoms with Gasteiger partial charge in [-0.1, -0.05) is 27.2 Å². The van der Waals surface area contributed by atoms with Crippen LogP contribution in [0.25, 0.3) is 0 Å². The van der Waals surface area contributed by atoms with Crippen LogP contribution in [0.3, 0.4) is 0 Å². The first-order valence-corrected chi connectivity index (χ1v) is 4.76. The third-order valence-electron chi connectivity index (χ3n) is 3.03. The zero-order valence-electron chi connectivity index (χ0n) is 8.09. The Balaban J connectivity index is 2.56. The van der Waals surface area contributed by atoms with Gasteiger partial charge in [-0.3, -0.25) is 4.99 Å². The molecule has 2 unspecified atom stereocenters. The van der Waals surface area contributed by atoms with E-state index in [-0.39, 0.29) is 0 Å². The lowest BCUT2D eigenvalue weighted by Crippen LogP contribution is -2.44. The highest BCUT2D eigenvalue weighted by Gasteiger charge is 2.39. The van der Waals surface area contributed by atoms with Crippen LogP contribution in [-0.2, 0) is 0 Å². The van der Waals surface area contributed by atoms with Gasteiger partial charge in [-0.2, -0.15) is 0 Å². The molecular weight excluding hydrogens is 134 g/mol. The maximum Gasteiger partial charge on any atom is 0.0360 e. The predicted octanol–water partition coefficient (Wildman–Crippen LogP) is 2.76. The summed E-state index contributed by atoms with van der Waals surface area (Å²) in [4.78, 5) is 4.51. The molecule has 1 rings (SSSR count). The van der Waals surface area contributed by atoms with E-state index in [2.05, 4.69) is 32.7 Å². The fraction of sp³-hybridized carbons (Fsp3) is 0.900. The van der Waals surface area contributed by atoms with Crippen molar-refractivity contribution in [2.75, 3.05) is 6.54 Å². The zero-order valence-corrected chi connectivity index (χ0v) is 8.09. The molecule has 2 atom stereocenters. The molecule has 0 N–H and O–H groups in total. The Morgan fingerprint density at radius 2 is 1.73 bits per heavy atom. The van der Waals surface area contributed by atoms with Crippen LogP contribution in [0.15, 0.2) is 4.99 Å². The molecular formula is C10H19N. The highest BCUT2D eigenvalue weighted by atomic mass is 14.8. The Labute approximate surface area is 69.9 Å². The van der Waals surface area contributed by atoms with Gasteiger partial charge < -0.3 is 0 Å². The summed E-state index contributed by atoms with van der Waals surface area (Å²) in [7, 11) is 0. The minimum Gasteiger partial charge on any atom is -0.294 e. The second kappa shape index (κ2) is 3.38. The molecule has 0 heterocycles. The van der Waals surface area contributed by atoms with Gasteiger partial charge in [0.25, 0.3) is 0 Å². The van der Waals surface area contributed by atoms with Crippen LogP contribution in [0.1, 0.15) is 34.1 Å². The van der Waals surface area contributed by atoms with Crippen molar-refractivity contribution < 1.29 is 0 Å². The summed E-state index contributed by atoms with van der Waals surface area (Å²) in [6, 6.07) is 0. The number of nitrogens with zero attached hydrogens (tertiary/aromatic N) is 1. The Kier molecular flexibility index (Phi) is 2.69. The second-order valence-electron chi connectivity index (χ2n) is 3.55. The van der Waals surface area contributed by atoms with Crippen molar-refractivity contribution in [3.8, 4) is 0 Å². The van der Waals surface area contributed by atoms with Gasteiger partial charge in [-0.05, 0) is 24.7 Å². The largest absolute Gasteiger partial charge is 0.294 e. The zero-order chi connectivity index (χ0) is 8.43. The van der Waals surface area contributed by atoms with Crippen LogP contribution in [0, 0.1) is 17.8 Å². The van der Waals surface area contributed by atoms with E-state index in [1.54, 1.807) is 0 Å². The average molecular weight is 153 g/mol. The van der Waals surface area contributed by atoms with Crippen molar-refractivity contribution in [1.29, 1.82) is 0 Å². The molecule has 1 fully saturated rings. The van der Waals surface area contributed by atoms with Gasteiger partial charge in [0, 0.05) is 12.3 Å². The molecule has 0 bridgehead atoms. The fourth-order valence-corrected chi connectivity index (χ4v) is 2.35. The predicted molar refractivity (Wildman–Crippen MR) is 50.1 cm³/mol. The van der Waals surface area contributed by atoms with E-state index < -0.39 is 0 Å². The Morgan fingerprint density at radius 3 is 2.09 bits per heavy atom. The SMILES string of the molecule is CCN=C1C(C)C(CC)C1C. The van der Waals surface area contributed by atoms with Crippen LogP contribution < -0.4 is 0 Å². The molecule has 0 saturated heterocycles. The number of aliphatic imine (C=N–C) groups is 1. The van der Waals surface area contributed by atoms with E-state index in [4.69, 9.17) is 0 Å². The third-order valence-corrected chi connectivity index (χ3v) is 3.03. The molecule has 0 aliphatic heterocycles. The normalized spacial score (nSPS) is 36.7. The lowest BCUT2D eigenvalue weighted by molar-refractivity contribution is 0.278. The lowest BCUT2D eigenvalue weighted by atomic mass is 9.63. The minimum atomic E-state index is 0.759. The van der Waals surface area contributed by atoms with Gasteiger partial charge in [-0.25, -0.2) is 0 Å². The quantitative estimate of drug-likeness (QED) is 0.578. The molecule has 11 heavy (non-hydrogen) atoms. The topological polar surface area (TPSA) is 12.4 Å². The maximum absolute atomic E-state index is 4.51. The van der Waals surface area contributed by atoms with Gasteiger partial charge in [-0.15, -0.1) is 0 Å². The van der Waals surface area contributed by atoms with Crippen LogP contribution in [-0.4, -0.2) is 12.3 Å². The first kappa shape index (κ1) is 8.76. The van der Waals surface area contributed by atoms with Crippen molar-refractivity contribution >= 4 is 5.71 Å². The summed E-state index contributed by atoms with van der Waals surface area (Å²) in [5.41, 5.74) is 1.46. The molecule has 0 aromatic carbocycles. The molecule has 1 aliphatic rings. The molecule has 0 radical (unpaired) electrons. The van der Waals surface area contributed by atoms with Gasteiger partial charge >= 0.3 is 0 Å². The summed E-state index contributed by atoms with van der Waals surface area (Å²) < 4.78 is 0. The van der Waals surface area contributed by atoms with Gasteiger partial charge in [0.2, 0.25) is 0 Å². The van der Waals surface area contributed by atoms with Crippen molar-refractivity contribution in [3.05, 3.63) is 0 Å². The van der Waals surface area contributed by atoms with Crippen molar-refractivity contribution in [3.63, 3.8) is 0 Å². The molecule has 0 aromatic heterocycles. The smallest absolute Gasteiger partial charge is 0.0360 e. The van der Waals surface area contributed by atoms with Crippen molar-refractivity contribution in [1.82, 2.24) is 0 Å². The molecule has 0 spiro atoms. The number of hydrogen-bond donors (Lipinski definition) is 0.